The Balaban J connectivity index is 0.00000392. The highest BCUT2D eigenvalue weighted by atomic mass is 127. The Morgan fingerprint density at radius 2 is 1.86 bits per heavy atom. The number of carbonyl (C=O) groups is 1. The smallest absolute Gasteiger partial charge is 0.242 e. The Labute approximate surface area is 184 Å². The third-order valence-electron chi connectivity index (χ3n) is 4.30. The van der Waals surface area contributed by atoms with Gasteiger partial charge in [-0.1, -0.05) is 12.1 Å². The van der Waals surface area contributed by atoms with E-state index in [1.807, 2.05) is 78.8 Å². The molecule has 0 aliphatic heterocycles. The van der Waals surface area contributed by atoms with Crippen molar-refractivity contribution in [2.24, 2.45) is 4.99 Å². The van der Waals surface area contributed by atoms with Gasteiger partial charge in [-0.3, -0.25) is 4.79 Å². The van der Waals surface area contributed by atoms with Gasteiger partial charge in [0, 0.05) is 39.1 Å². The van der Waals surface area contributed by atoms with Crippen LogP contribution in [0.25, 0.3) is 5.69 Å². The van der Waals surface area contributed by atoms with E-state index in [9.17, 15) is 4.79 Å². The van der Waals surface area contributed by atoms with Crippen LogP contribution in [0.3, 0.4) is 0 Å². The molecular weight excluding hydrogens is 467 g/mol. The lowest BCUT2D eigenvalue weighted by atomic mass is 10.2. The molecule has 154 valence electrons. The quantitative estimate of drug-likeness (QED) is 0.346. The maximum absolute atomic E-state index is 12.3. The molecule has 1 N–H and O–H groups in total. The Morgan fingerprint density at radius 1 is 1.18 bits per heavy atom. The maximum Gasteiger partial charge on any atom is 0.242 e. The van der Waals surface area contributed by atoms with Gasteiger partial charge in [0.15, 0.2) is 5.96 Å². The number of guanidine groups is 1. The van der Waals surface area contributed by atoms with Crippen molar-refractivity contribution in [1.82, 2.24) is 24.9 Å². The first kappa shape index (κ1) is 23.9. The van der Waals surface area contributed by atoms with Crippen LogP contribution in [0.15, 0.2) is 47.7 Å². The summed E-state index contributed by atoms with van der Waals surface area (Å²) in [4.78, 5) is 20.7. The SMILES string of the molecule is CCNC(=NCc1ccc(-n2cccn2)cc1)N(C)CC(=O)N(CC)CC.I. The number of hydrogen-bond donors (Lipinski definition) is 1. The highest BCUT2D eigenvalue weighted by molar-refractivity contribution is 14.0. The van der Waals surface area contributed by atoms with E-state index in [1.54, 1.807) is 6.20 Å². The minimum absolute atomic E-state index is 0. The zero-order valence-corrected chi connectivity index (χ0v) is 19.5. The number of rotatable bonds is 8. The number of amides is 1. The molecule has 1 aromatic carbocycles. The Kier molecular flexibility index (Phi) is 10.6. The van der Waals surface area contributed by atoms with Crippen molar-refractivity contribution < 1.29 is 4.79 Å². The van der Waals surface area contributed by atoms with Gasteiger partial charge in [0.25, 0.3) is 0 Å². The lowest BCUT2D eigenvalue weighted by Crippen LogP contribution is -2.45. The first-order valence-electron chi connectivity index (χ1n) is 9.45. The number of halogens is 1. The van der Waals surface area contributed by atoms with Crippen LogP contribution in [0.5, 0.6) is 0 Å². The van der Waals surface area contributed by atoms with E-state index >= 15 is 0 Å². The number of aromatic nitrogens is 2. The van der Waals surface area contributed by atoms with E-state index in [4.69, 9.17) is 0 Å². The predicted octanol–water partition coefficient (Wildman–Crippen LogP) is 2.76. The summed E-state index contributed by atoms with van der Waals surface area (Å²) in [5, 5.41) is 7.49. The van der Waals surface area contributed by atoms with E-state index < -0.39 is 0 Å². The maximum atomic E-state index is 12.3. The van der Waals surface area contributed by atoms with Crippen LogP contribution in [-0.2, 0) is 11.3 Å². The average Bonchev–Trinajstić information content (AvgIpc) is 3.21. The molecule has 0 saturated carbocycles. The normalized spacial score (nSPS) is 10.9. The van der Waals surface area contributed by atoms with Crippen LogP contribution in [0.4, 0.5) is 0 Å². The van der Waals surface area contributed by atoms with Gasteiger partial charge in [-0.15, -0.1) is 24.0 Å². The van der Waals surface area contributed by atoms with Crippen molar-refractivity contribution in [1.29, 1.82) is 0 Å². The Morgan fingerprint density at radius 3 is 2.39 bits per heavy atom. The van der Waals surface area contributed by atoms with Gasteiger partial charge < -0.3 is 15.1 Å². The molecule has 8 heteroatoms. The van der Waals surface area contributed by atoms with Crippen LogP contribution in [0, 0.1) is 0 Å². The van der Waals surface area contributed by atoms with Crippen LogP contribution in [0.2, 0.25) is 0 Å². The molecule has 0 saturated heterocycles. The molecule has 0 radical (unpaired) electrons. The highest BCUT2D eigenvalue weighted by Crippen LogP contribution is 2.09. The molecule has 7 nitrogen and oxygen atoms in total. The standard InChI is InChI=1S/C20H30N6O.HI/c1-5-21-20(24(4)16-19(27)25(6-2)7-3)22-15-17-9-11-18(12-10-17)26-14-8-13-23-26;/h8-14H,5-7,15-16H2,1-4H3,(H,21,22);1H. The van der Waals surface area contributed by atoms with Crippen molar-refractivity contribution in [3.63, 3.8) is 0 Å². The number of nitrogens with zero attached hydrogens (tertiary/aromatic N) is 5. The number of aliphatic imine (C=N–C) groups is 1. The molecule has 1 heterocycles. The first-order chi connectivity index (χ1) is 13.1. The third kappa shape index (κ3) is 6.81. The molecule has 0 spiro atoms. The van der Waals surface area contributed by atoms with Crippen molar-refractivity contribution >= 4 is 35.8 Å². The van der Waals surface area contributed by atoms with Gasteiger partial charge in [0.05, 0.1) is 18.8 Å². The van der Waals surface area contributed by atoms with Gasteiger partial charge >= 0.3 is 0 Å². The van der Waals surface area contributed by atoms with Gasteiger partial charge in [0.2, 0.25) is 5.91 Å². The Bertz CT molecular complexity index is 726. The van der Waals surface area contributed by atoms with Gasteiger partial charge in [-0.2, -0.15) is 5.10 Å². The molecule has 0 aliphatic rings. The summed E-state index contributed by atoms with van der Waals surface area (Å²) < 4.78 is 1.82. The van der Waals surface area contributed by atoms with Gasteiger partial charge in [0.1, 0.15) is 0 Å². The second-order valence-corrected chi connectivity index (χ2v) is 6.21. The zero-order chi connectivity index (χ0) is 19.6. The molecule has 0 aliphatic carbocycles. The second kappa shape index (κ2) is 12.4. The fourth-order valence-electron chi connectivity index (χ4n) is 2.77. The molecule has 28 heavy (non-hydrogen) atoms. The topological polar surface area (TPSA) is 65.8 Å². The summed E-state index contributed by atoms with van der Waals surface area (Å²) in [6.45, 7) is 9.06. The summed E-state index contributed by atoms with van der Waals surface area (Å²) in [6.07, 6.45) is 3.68. The Hall–Kier alpha value is -2.10. The van der Waals surface area contributed by atoms with Crippen molar-refractivity contribution in [2.45, 2.75) is 27.3 Å². The molecule has 0 bridgehead atoms. The van der Waals surface area contributed by atoms with Crippen LogP contribution in [-0.4, -0.2) is 64.7 Å². The fraction of sp³-hybridized carbons (Fsp3) is 0.450. The van der Waals surface area contributed by atoms with E-state index in [-0.39, 0.29) is 29.9 Å². The van der Waals surface area contributed by atoms with Crippen LogP contribution in [0.1, 0.15) is 26.3 Å². The first-order valence-corrected chi connectivity index (χ1v) is 9.45. The van der Waals surface area contributed by atoms with Gasteiger partial charge in [-0.05, 0) is 44.5 Å². The summed E-state index contributed by atoms with van der Waals surface area (Å²) in [6, 6.07) is 10.0. The van der Waals surface area contributed by atoms with Crippen LogP contribution >= 0.6 is 24.0 Å². The lowest BCUT2D eigenvalue weighted by molar-refractivity contribution is -0.131. The molecule has 2 aromatic rings. The highest BCUT2D eigenvalue weighted by Gasteiger charge is 2.14. The predicted molar refractivity (Wildman–Crippen MR) is 124 cm³/mol. The van der Waals surface area contributed by atoms with E-state index in [2.05, 4.69) is 15.4 Å². The molecule has 2 rings (SSSR count). The number of carbonyl (C=O) groups excluding carboxylic acids is 1. The largest absolute Gasteiger partial charge is 0.357 e. The number of nitrogens with one attached hydrogen (secondary N) is 1. The number of benzene rings is 1. The number of likely N-dealkylation sites (N-methyl/N-ethyl adjacent to an activating group) is 2. The molecule has 1 aromatic heterocycles. The second-order valence-electron chi connectivity index (χ2n) is 6.21. The molecule has 0 atom stereocenters. The summed E-state index contributed by atoms with van der Waals surface area (Å²) in [7, 11) is 1.89. The monoisotopic (exact) mass is 498 g/mol. The van der Waals surface area contributed by atoms with Crippen molar-refractivity contribution in [3.8, 4) is 5.69 Å². The van der Waals surface area contributed by atoms with E-state index in [0.717, 1.165) is 36.8 Å². The summed E-state index contributed by atoms with van der Waals surface area (Å²) in [5.74, 6) is 0.839. The zero-order valence-electron chi connectivity index (χ0n) is 17.1. The van der Waals surface area contributed by atoms with Crippen LogP contribution < -0.4 is 5.32 Å². The van der Waals surface area contributed by atoms with E-state index in [1.165, 1.54) is 0 Å². The van der Waals surface area contributed by atoms with Gasteiger partial charge in [-0.25, -0.2) is 9.67 Å². The molecule has 0 unspecified atom stereocenters. The summed E-state index contributed by atoms with van der Waals surface area (Å²) in [5.41, 5.74) is 2.12. The summed E-state index contributed by atoms with van der Waals surface area (Å²) >= 11 is 0. The molecular formula is C20H31IN6O. The molecule has 0 fully saturated rings. The minimum Gasteiger partial charge on any atom is -0.357 e. The fourth-order valence-corrected chi connectivity index (χ4v) is 2.77. The lowest BCUT2D eigenvalue weighted by Gasteiger charge is -2.25. The number of hydrogen-bond acceptors (Lipinski definition) is 3. The van der Waals surface area contributed by atoms with E-state index in [0.29, 0.717) is 13.1 Å². The minimum atomic E-state index is 0. The van der Waals surface area contributed by atoms with Crippen molar-refractivity contribution in [2.75, 3.05) is 33.2 Å². The third-order valence-corrected chi connectivity index (χ3v) is 4.30. The van der Waals surface area contributed by atoms with Crippen molar-refractivity contribution in [3.05, 3.63) is 48.3 Å². The average molecular weight is 498 g/mol. The molecule has 1 amide bonds.